The second-order valence-electron chi connectivity index (χ2n) is 10.6. The average molecular weight is 594 g/mol. The SMILES string of the molecule is COc1cccc(CN(C(=O)CN(c2cccc(C(C)=O)c2)S(C)(=O)=O)C(Cc2ccccc2)C(=O)NCC(C)C)c1. The minimum absolute atomic E-state index is 0.0354. The van der Waals surface area contributed by atoms with Crippen molar-refractivity contribution in [2.75, 3.05) is 30.8 Å². The second-order valence-corrected chi connectivity index (χ2v) is 12.5. The van der Waals surface area contributed by atoms with Crippen LogP contribution >= 0.6 is 0 Å². The summed E-state index contributed by atoms with van der Waals surface area (Å²) in [6, 6.07) is 21.7. The predicted octanol–water partition coefficient (Wildman–Crippen LogP) is 4.08. The molecule has 0 saturated carbocycles. The Kier molecular flexibility index (Phi) is 11.3. The summed E-state index contributed by atoms with van der Waals surface area (Å²) in [5, 5.41) is 2.95. The summed E-state index contributed by atoms with van der Waals surface area (Å²) in [5.74, 6) is -0.378. The molecule has 0 fully saturated rings. The number of hydrogen-bond donors (Lipinski definition) is 1. The number of nitrogens with one attached hydrogen (secondary N) is 1. The van der Waals surface area contributed by atoms with Crippen LogP contribution in [-0.4, -0.2) is 63.4 Å². The number of carbonyl (C=O) groups is 3. The first-order valence-corrected chi connectivity index (χ1v) is 15.6. The maximum Gasteiger partial charge on any atom is 0.244 e. The highest BCUT2D eigenvalue weighted by molar-refractivity contribution is 7.92. The molecule has 42 heavy (non-hydrogen) atoms. The molecule has 9 nitrogen and oxygen atoms in total. The maximum atomic E-state index is 14.2. The highest BCUT2D eigenvalue weighted by Gasteiger charge is 2.33. The van der Waals surface area contributed by atoms with Gasteiger partial charge in [0.15, 0.2) is 5.78 Å². The lowest BCUT2D eigenvalue weighted by atomic mass is 10.0. The molecular weight excluding hydrogens is 554 g/mol. The van der Waals surface area contributed by atoms with Crippen molar-refractivity contribution in [2.45, 2.75) is 39.8 Å². The molecule has 10 heteroatoms. The van der Waals surface area contributed by atoms with Gasteiger partial charge in [-0.2, -0.15) is 0 Å². The van der Waals surface area contributed by atoms with E-state index in [0.29, 0.717) is 23.4 Å². The Hall–Kier alpha value is -4.18. The number of rotatable bonds is 14. The zero-order chi connectivity index (χ0) is 30.9. The normalized spacial score (nSPS) is 12.0. The van der Waals surface area contributed by atoms with Crippen LogP contribution in [0.5, 0.6) is 5.75 Å². The van der Waals surface area contributed by atoms with E-state index in [-0.39, 0.29) is 36.3 Å². The minimum Gasteiger partial charge on any atom is -0.497 e. The summed E-state index contributed by atoms with van der Waals surface area (Å²) in [7, 11) is -2.40. The van der Waals surface area contributed by atoms with E-state index >= 15 is 0 Å². The smallest absolute Gasteiger partial charge is 0.244 e. The molecule has 1 atom stereocenters. The van der Waals surface area contributed by atoms with Crippen molar-refractivity contribution in [2.24, 2.45) is 5.92 Å². The van der Waals surface area contributed by atoms with Gasteiger partial charge < -0.3 is 15.0 Å². The fourth-order valence-electron chi connectivity index (χ4n) is 4.44. The molecule has 3 aromatic rings. The lowest BCUT2D eigenvalue weighted by molar-refractivity contribution is -0.140. The summed E-state index contributed by atoms with van der Waals surface area (Å²) < 4.78 is 32.2. The van der Waals surface area contributed by atoms with E-state index in [1.165, 1.54) is 24.0 Å². The van der Waals surface area contributed by atoms with Crippen molar-refractivity contribution in [1.29, 1.82) is 0 Å². The van der Waals surface area contributed by atoms with Gasteiger partial charge in [-0.3, -0.25) is 18.7 Å². The molecule has 0 aliphatic heterocycles. The van der Waals surface area contributed by atoms with Gasteiger partial charge in [0.2, 0.25) is 21.8 Å². The molecular formula is C32H39N3O6S. The summed E-state index contributed by atoms with van der Waals surface area (Å²) in [4.78, 5) is 41.3. The van der Waals surface area contributed by atoms with Crippen molar-refractivity contribution in [1.82, 2.24) is 10.2 Å². The maximum absolute atomic E-state index is 14.2. The summed E-state index contributed by atoms with van der Waals surface area (Å²) in [6.45, 7) is 5.23. The van der Waals surface area contributed by atoms with Crippen LogP contribution in [0.3, 0.4) is 0 Å². The van der Waals surface area contributed by atoms with Gasteiger partial charge in [-0.1, -0.05) is 68.4 Å². The molecule has 224 valence electrons. The molecule has 2 amide bonds. The van der Waals surface area contributed by atoms with Crippen molar-refractivity contribution in [3.05, 3.63) is 95.6 Å². The Bertz CT molecular complexity index is 1490. The zero-order valence-corrected chi connectivity index (χ0v) is 25.6. The van der Waals surface area contributed by atoms with Crippen LogP contribution in [0.2, 0.25) is 0 Å². The molecule has 0 bridgehead atoms. The summed E-state index contributed by atoms with van der Waals surface area (Å²) in [5.41, 5.74) is 2.06. The van der Waals surface area contributed by atoms with E-state index in [4.69, 9.17) is 4.74 Å². The van der Waals surface area contributed by atoms with Crippen LogP contribution in [0.25, 0.3) is 0 Å². The van der Waals surface area contributed by atoms with Gasteiger partial charge in [0.05, 0.1) is 19.1 Å². The van der Waals surface area contributed by atoms with E-state index in [1.807, 2.05) is 50.2 Å². The van der Waals surface area contributed by atoms with Crippen LogP contribution in [-0.2, 0) is 32.6 Å². The van der Waals surface area contributed by atoms with E-state index in [9.17, 15) is 22.8 Å². The molecule has 0 aliphatic rings. The molecule has 0 heterocycles. The van der Waals surface area contributed by atoms with Gasteiger partial charge in [-0.15, -0.1) is 0 Å². The monoisotopic (exact) mass is 593 g/mol. The number of amides is 2. The van der Waals surface area contributed by atoms with E-state index < -0.39 is 28.5 Å². The Morgan fingerprint density at radius 3 is 2.19 bits per heavy atom. The van der Waals surface area contributed by atoms with Crippen molar-refractivity contribution >= 4 is 33.3 Å². The first kappa shape index (κ1) is 32.3. The second kappa shape index (κ2) is 14.6. The lowest BCUT2D eigenvalue weighted by Gasteiger charge is -2.33. The first-order chi connectivity index (χ1) is 19.9. The van der Waals surface area contributed by atoms with Gasteiger partial charge in [-0.25, -0.2) is 8.42 Å². The number of sulfonamides is 1. The van der Waals surface area contributed by atoms with Crippen LogP contribution in [0.1, 0.15) is 42.3 Å². The Morgan fingerprint density at radius 1 is 0.905 bits per heavy atom. The Labute approximate surface area is 248 Å². The molecule has 0 aliphatic carbocycles. The third kappa shape index (κ3) is 9.17. The lowest BCUT2D eigenvalue weighted by Crippen LogP contribution is -2.53. The number of Topliss-reactive ketones (excluding diaryl/α,β-unsaturated/α-hetero) is 1. The molecule has 3 rings (SSSR count). The zero-order valence-electron chi connectivity index (χ0n) is 24.7. The molecule has 0 spiro atoms. The number of carbonyl (C=O) groups excluding carboxylic acids is 3. The highest BCUT2D eigenvalue weighted by Crippen LogP contribution is 2.23. The third-order valence-electron chi connectivity index (χ3n) is 6.66. The van der Waals surface area contributed by atoms with Crippen molar-refractivity contribution in [3.63, 3.8) is 0 Å². The van der Waals surface area contributed by atoms with Crippen molar-refractivity contribution < 1.29 is 27.5 Å². The molecule has 0 radical (unpaired) electrons. The summed E-state index contributed by atoms with van der Waals surface area (Å²) in [6.07, 6.45) is 1.23. The fraction of sp³-hybridized carbons (Fsp3) is 0.344. The number of hydrogen-bond acceptors (Lipinski definition) is 6. The van der Waals surface area contributed by atoms with Gasteiger partial charge in [0.25, 0.3) is 0 Å². The number of anilines is 1. The first-order valence-electron chi connectivity index (χ1n) is 13.7. The molecule has 1 N–H and O–H groups in total. The number of benzene rings is 3. The summed E-state index contributed by atoms with van der Waals surface area (Å²) >= 11 is 0. The van der Waals surface area contributed by atoms with Crippen molar-refractivity contribution in [3.8, 4) is 5.75 Å². The molecule has 0 saturated heterocycles. The number of ether oxygens (including phenoxy) is 1. The standard InChI is InChI=1S/C32H39N3O6S/c1-23(2)20-33-32(38)30(18-25-11-7-6-8-12-25)34(21-26-13-9-16-29(17-26)41-4)31(37)22-35(42(5,39)40)28-15-10-14-27(19-28)24(3)36/h6-17,19,23,30H,18,20-22H2,1-5H3,(H,33,38). The highest BCUT2D eigenvalue weighted by atomic mass is 32.2. The molecule has 3 aromatic carbocycles. The molecule has 1 unspecified atom stereocenters. The van der Waals surface area contributed by atoms with E-state index in [2.05, 4.69) is 5.32 Å². The van der Waals surface area contributed by atoms with Crippen LogP contribution in [0.15, 0.2) is 78.9 Å². The largest absolute Gasteiger partial charge is 0.497 e. The topological polar surface area (TPSA) is 113 Å². The molecule has 0 aromatic heterocycles. The predicted molar refractivity (Wildman–Crippen MR) is 164 cm³/mol. The van der Waals surface area contributed by atoms with E-state index in [0.717, 1.165) is 16.1 Å². The van der Waals surface area contributed by atoms with Crippen LogP contribution < -0.4 is 14.4 Å². The van der Waals surface area contributed by atoms with Crippen LogP contribution in [0.4, 0.5) is 5.69 Å². The van der Waals surface area contributed by atoms with Crippen LogP contribution in [0, 0.1) is 5.92 Å². The number of nitrogens with zero attached hydrogens (tertiary/aromatic N) is 2. The fourth-order valence-corrected chi connectivity index (χ4v) is 5.28. The quantitative estimate of drug-likeness (QED) is 0.282. The van der Waals surface area contributed by atoms with Gasteiger partial charge in [-0.05, 0) is 48.2 Å². The third-order valence-corrected chi connectivity index (χ3v) is 7.80. The number of ketones is 1. The number of methoxy groups -OCH3 is 1. The minimum atomic E-state index is -3.94. The van der Waals surface area contributed by atoms with Gasteiger partial charge >= 0.3 is 0 Å². The Morgan fingerprint density at radius 2 is 1.57 bits per heavy atom. The van der Waals surface area contributed by atoms with Gasteiger partial charge in [0, 0.05) is 25.1 Å². The average Bonchev–Trinajstić information content (AvgIpc) is 2.96. The Balaban J connectivity index is 2.08. The van der Waals surface area contributed by atoms with Gasteiger partial charge in [0.1, 0.15) is 18.3 Å². The van der Waals surface area contributed by atoms with E-state index in [1.54, 1.807) is 37.4 Å².